The van der Waals surface area contributed by atoms with E-state index in [0.717, 1.165) is 0 Å². The highest BCUT2D eigenvalue weighted by Gasteiger charge is 2.21. The molecule has 2 N–H and O–H groups in total. The summed E-state index contributed by atoms with van der Waals surface area (Å²) in [6.45, 7) is 4.61. The summed E-state index contributed by atoms with van der Waals surface area (Å²) in [4.78, 5) is 20.9. The largest absolute Gasteiger partial charge is 0.480 e. The molecule has 0 aromatic carbocycles. The molecule has 0 saturated heterocycles. The molecule has 0 aromatic rings. The molecule has 1 atom stereocenters. The second-order valence-electron chi connectivity index (χ2n) is 2.55. The Labute approximate surface area is 65.6 Å². The van der Waals surface area contributed by atoms with Crippen LogP contribution in [-0.2, 0) is 9.59 Å². The monoisotopic (exact) mass is 158 g/mol. The van der Waals surface area contributed by atoms with Crippen LogP contribution < -0.4 is 5.32 Å². The molecule has 63 valence electrons. The molecule has 1 amide bonds. The van der Waals surface area contributed by atoms with Gasteiger partial charge in [0.25, 0.3) is 0 Å². The lowest BCUT2D eigenvalue weighted by atomic mass is 10.1. The summed E-state index contributed by atoms with van der Waals surface area (Å²) in [6, 6.07) is -0.854. The quantitative estimate of drug-likeness (QED) is 0.616. The highest BCUT2D eigenvalue weighted by molar-refractivity contribution is 5.83. The zero-order chi connectivity index (χ0) is 9.02. The molecule has 0 fully saturated rings. The number of rotatable bonds is 3. The van der Waals surface area contributed by atoms with Crippen LogP contribution in [0.2, 0.25) is 0 Å². The number of hydrogen-bond acceptors (Lipinski definition) is 2. The van der Waals surface area contributed by atoms with Crippen LogP contribution in [-0.4, -0.2) is 23.0 Å². The predicted molar refractivity (Wildman–Crippen MR) is 39.8 cm³/mol. The Morgan fingerprint density at radius 3 is 1.82 bits per heavy atom. The molecule has 11 heavy (non-hydrogen) atoms. The molecule has 0 bridgehead atoms. The molecule has 0 aliphatic heterocycles. The lowest BCUT2D eigenvalue weighted by Gasteiger charge is -2.15. The summed E-state index contributed by atoms with van der Waals surface area (Å²) in [5, 5.41) is 10.9. The maximum Gasteiger partial charge on any atom is 0.326 e. The number of carbonyl (C=O) groups excluding carboxylic acids is 1. The van der Waals surface area contributed by atoms with Gasteiger partial charge in [-0.1, -0.05) is 13.8 Å². The average Bonchev–Trinajstić information content (AvgIpc) is 1.81. The van der Waals surface area contributed by atoms with Gasteiger partial charge in [-0.2, -0.15) is 0 Å². The maximum atomic E-state index is 10.5. The highest BCUT2D eigenvalue weighted by atomic mass is 16.4. The third kappa shape index (κ3) is 3.60. The molecule has 4 nitrogen and oxygen atoms in total. The van der Waals surface area contributed by atoms with Crippen molar-refractivity contribution in [2.45, 2.75) is 26.8 Å². The van der Waals surface area contributed by atoms with Gasteiger partial charge in [-0.05, 0) is 0 Å². The van der Waals surface area contributed by atoms with Gasteiger partial charge in [0.05, 0.1) is 0 Å². The van der Waals surface area contributed by atoms with E-state index in [9.17, 15) is 9.59 Å². The fraction of sp³-hybridized carbons (Fsp3) is 0.571. The van der Waals surface area contributed by atoms with Crippen LogP contribution in [0.5, 0.6) is 0 Å². The summed E-state index contributed by atoms with van der Waals surface area (Å²) in [5.74, 6) is -0.702. The van der Waals surface area contributed by atoms with E-state index in [1.807, 2.05) is 0 Å². The van der Waals surface area contributed by atoms with Gasteiger partial charge >= 0.3 is 5.97 Å². The van der Waals surface area contributed by atoms with Gasteiger partial charge in [0.15, 0.2) is 0 Å². The molecule has 0 aromatic heterocycles. The van der Waals surface area contributed by atoms with E-state index in [-0.39, 0.29) is 5.91 Å². The Hall–Kier alpha value is -1.06. The van der Waals surface area contributed by atoms with Crippen LogP contribution in [0.4, 0.5) is 0 Å². The van der Waals surface area contributed by atoms with Gasteiger partial charge in [0.1, 0.15) is 6.04 Å². The van der Waals surface area contributed by atoms with Gasteiger partial charge in [0.2, 0.25) is 5.91 Å². The minimum Gasteiger partial charge on any atom is -0.480 e. The Balaban J connectivity index is 4.12. The standard InChI is InChI=1S/C7H12NO3/c1-4(2)6(7(10)11)8-5(3)9/h6H,1-3H3,(H,8,9)(H,10,11). The molecule has 0 aliphatic rings. The zero-order valence-corrected chi connectivity index (χ0v) is 6.84. The first kappa shape index (κ1) is 9.94. The molecular formula is C7H12NO3. The van der Waals surface area contributed by atoms with Crippen LogP contribution in [0.15, 0.2) is 0 Å². The molecule has 0 heterocycles. The van der Waals surface area contributed by atoms with E-state index in [2.05, 4.69) is 5.32 Å². The number of carboxylic acid groups (broad SMARTS) is 1. The minimum absolute atomic E-state index is 0.335. The molecule has 0 aliphatic carbocycles. The molecule has 1 unspecified atom stereocenters. The van der Waals surface area contributed by atoms with Gasteiger partial charge < -0.3 is 10.4 Å². The molecule has 0 spiro atoms. The van der Waals surface area contributed by atoms with E-state index in [1.54, 1.807) is 13.8 Å². The van der Waals surface area contributed by atoms with Crippen molar-refractivity contribution >= 4 is 11.9 Å². The first-order valence-corrected chi connectivity index (χ1v) is 3.25. The van der Waals surface area contributed by atoms with Crippen LogP contribution >= 0.6 is 0 Å². The molecular weight excluding hydrogens is 146 g/mol. The Kier molecular flexibility index (Phi) is 3.57. The summed E-state index contributed by atoms with van der Waals surface area (Å²) in [7, 11) is 0. The number of carbonyl (C=O) groups is 2. The fourth-order valence-corrected chi connectivity index (χ4v) is 0.656. The Morgan fingerprint density at radius 1 is 1.27 bits per heavy atom. The van der Waals surface area contributed by atoms with Gasteiger partial charge in [-0.3, -0.25) is 4.79 Å². The number of aliphatic carboxylic acids is 1. The normalized spacial score (nSPS) is 12.7. The number of carboxylic acids is 1. The SMILES string of the molecule is C[C](C)C(NC(C)=O)C(=O)O. The lowest BCUT2D eigenvalue weighted by molar-refractivity contribution is -0.140. The van der Waals surface area contributed by atoms with Crippen molar-refractivity contribution < 1.29 is 14.7 Å². The van der Waals surface area contributed by atoms with E-state index >= 15 is 0 Å². The highest BCUT2D eigenvalue weighted by Crippen LogP contribution is 2.03. The molecule has 0 saturated carbocycles. The van der Waals surface area contributed by atoms with E-state index in [1.165, 1.54) is 6.92 Å². The Bertz CT molecular complexity index is 165. The van der Waals surface area contributed by atoms with Gasteiger partial charge in [-0.25, -0.2) is 4.79 Å². The van der Waals surface area contributed by atoms with Crippen molar-refractivity contribution in [2.75, 3.05) is 0 Å². The van der Waals surface area contributed by atoms with Crippen molar-refractivity contribution in [3.63, 3.8) is 0 Å². The fourth-order valence-electron chi connectivity index (χ4n) is 0.656. The predicted octanol–water partition coefficient (Wildman–Crippen LogP) is 0.190. The third-order valence-corrected chi connectivity index (χ3v) is 1.17. The second-order valence-corrected chi connectivity index (χ2v) is 2.55. The average molecular weight is 158 g/mol. The summed E-state index contributed by atoms with van der Waals surface area (Å²) in [5.41, 5.74) is 0. The van der Waals surface area contributed by atoms with Crippen molar-refractivity contribution in [3.05, 3.63) is 5.92 Å². The minimum atomic E-state index is -1.03. The van der Waals surface area contributed by atoms with E-state index in [4.69, 9.17) is 5.11 Å². The summed E-state index contributed by atoms with van der Waals surface area (Å²) in [6.07, 6.45) is 0. The van der Waals surface area contributed by atoms with Gasteiger partial charge in [-0.15, -0.1) is 0 Å². The molecule has 0 rings (SSSR count). The summed E-state index contributed by atoms with van der Waals surface area (Å²) < 4.78 is 0. The van der Waals surface area contributed by atoms with Crippen molar-refractivity contribution in [2.24, 2.45) is 0 Å². The first-order chi connectivity index (χ1) is 4.95. The van der Waals surface area contributed by atoms with E-state index < -0.39 is 12.0 Å². The van der Waals surface area contributed by atoms with Crippen LogP contribution in [0, 0.1) is 5.92 Å². The van der Waals surface area contributed by atoms with Crippen molar-refractivity contribution in [1.29, 1.82) is 0 Å². The van der Waals surface area contributed by atoms with Crippen molar-refractivity contribution in [1.82, 2.24) is 5.32 Å². The topological polar surface area (TPSA) is 66.4 Å². The maximum absolute atomic E-state index is 10.5. The summed E-state index contributed by atoms with van der Waals surface area (Å²) >= 11 is 0. The molecule has 4 heteroatoms. The zero-order valence-electron chi connectivity index (χ0n) is 6.84. The van der Waals surface area contributed by atoms with Crippen LogP contribution in [0.25, 0.3) is 0 Å². The number of nitrogens with one attached hydrogen (secondary N) is 1. The number of amides is 1. The third-order valence-electron chi connectivity index (χ3n) is 1.17. The van der Waals surface area contributed by atoms with Crippen LogP contribution in [0.3, 0.4) is 0 Å². The first-order valence-electron chi connectivity index (χ1n) is 3.25. The number of hydrogen-bond donors (Lipinski definition) is 2. The Morgan fingerprint density at radius 2 is 1.73 bits per heavy atom. The smallest absolute Gasteiger partial charge is 0.326 e. The lowest BCUT2D eigenvalue weighted by Crippen LogP contribution is -2.42. The van der Waals surface area contributed by atoms with E-state index in [0.29, 0.717) is 5.92 Å². The molecule has 1 radical (unpaired) electrons. The van der Waals surface area contributed by atoms with Gasteiger partial charge in [0, 0.05) is 12.8 Å². The van der Waals surface area contributed by atoms with Crippen LogP contribution in [0.1, 0.15) is 20.8 Å². The second kappa shape index (κ2) is 3.95. The van der Waals surface area contributed by atoms with Crippen molar-refractivity contribution in [3.8, 4) is 0 Å².